The highest BCUT2D eigenvalue weighted by molar-refractivity contribution is 14.1. The van der Waals surface area contributed by atoms with Crippen LogP contribution in [0.5, 0.6) is 5.75 Å². The van der Waals surface area contributed by atoms with E-state index in [0.29, 0.717) is 11.7 Å². The zero-order valence-electron chi connectivity index (χ0n) is 8.76. The molecule has 1 atom stereocenters. The molecule has 0 aliphatic heterocycles. The molecule has 1 nitrogen and oxygen atoms in total. The summed E-state index contributed by atoms with van der Waals surface area (Å²) in [6, 6.07) is 5.98. The van der Waals surface area contributed by atoms with Crippen molar-refractivity contribution in [2.45, 2.75) is 39.0 Å². The molecule has 1 aromatic carbocycles. The van der Waals surface area contributed by atoms with Gasteiger partial charge >= 0.3 is 0 Å². The van der Waals surface area contributed by atoms with Crippen molar-refractivity contribution in [1.29, 1.82) is 0 Å². The average Bonchev–Trinajstić information content (AvgIpc) is 2.18. The molecule has 0 aromatic heterocycles. The van der Waals surface area contributed by atoms with Crippen LogP contribution in [-0.4, -0.2) is 5.11 Å². The highest BCUT2D eigenvalue weighted by atomic mass is 127. The summed E-state index contributed by atoms with van der Waals surface area (Å²) >= 11 is 2.14. The fourth-order valence-corrected chi connectivity index (χ4v) is 1.85. The fraction of sp³-hybridized carbons (Fsp3) is 0.500. The van der Waals surface area contributed by atoms with E-state index >= 15 is 0 Å². The van der Waals surface area contributed by atoms with E-state index < -0.39 is 0 Å². The third-order valence-electron chi connectivity index (χ3n) is 2.53. The number of rotatable bonds is 4. The molecule has 2 heteroatoms. The van der Waals surface area contributed by atoms with Gasteiger partial charge in [-0.1, -0.05) is 32.8 Å². The zero-order valence-corrected chi connectivity index (χ0v) is 10.9. The summed E-state index contributed by atoms with van der Waals surface area (Å²) in [5.74, 6) is 0.962. The van der Waals surface area contributed by atoms with Gasteiger partial charge in [0.2, 0.25) is 0 Å². The van der Waals surface area contributed by atoms with E-state index in [2.05, 4.69) is 42.5 Å². The Kier molecular flexibility index (Phi) is 4.72. The number of aromatic hydroxyl groups is 1. The van der Waals surface area contributed by atoms with E-state index in [4.69, 9.17) is 0 Å². The zero-order chi connectivity index (χ0) is 10.6. The van der Waals surface area contributed by atoms with E-state index in [9.17, 15) is 5.11 Å². The lowest BCUT2D eigenvalue weighted by Gasteiger charge is -2.11. The maximum atomic E-state index is 9.57. The second kappa shape index (κ2) is 5.59. The Labute approximate surface area is 99.7 Å². The number of benzene rings is 1. The van der Waals surface area contributed by atoms with Crippen molar-refractivity contribution in [1.82, 2.24) is 0 Å². The minimum Gasteiger partial charge on any atom is -0.507 e. The number of halogens is 1. The molecule has 0 spiro atoms. The van der Waals surface area contributed by atoms with E-state index in [1.807, 2.05) is 12.1 Å². The average molecular weight is 304 g/mol. The maximum Gasteiger partial charge on any atom is 0.129 e. The lowest BCUT2D eigenvalue weighted by Crippen LogP contribution is -1.93. The van der Waals surface area contributed by atoms with Crippen LogP contribution in [0.4, 0.5) is 0 Å². The van der Waals surface area contributed by atoms with Crippen LogP contribution in [0.25, 0.3) is 0 Å². The van der Waals surface area contributed by atoms with E-state index in [-0.39, 0.29) is 0 Å². The summed E-state index contributed by atoms with van der Waals surface area (Å²) in [5, 5.41) is 9.57. The molecular formula is C12H17IO. The van der Waals surface area contributed by atoms with Crippen LogP contribution in [-0.2, 0) is 0 Å². The molecular weight excluding hydrogens is 287 g/mol. The van der Waals surface area contributed by atoms with Gasteiger partial charge in [0.05, 0.1) is 3.57 Å². The Hall–Kier alpha value is -0.250. The summed E-state index contributed by atoms with van der Waals surface area (Å²) in [6.07, 6.45) is 3.70. The second-order valence-electron chi connectivity index (χ2n) is 3.75. The number of unbranched alkanes of at least 4 members (excludes halogenated alkanes) is 1. The highest BCUT2D eigenvalue weighted by Gasteiger charge is 2.06. The van der Waals surface area contributed by atoms with E-state index in [1.54, 1.807) is 0 Å². The van der Waals surface area contributed by atoms with Gasteiger partial charge in [0.1, 0.15) is 5.75 Å². The van der Waals surface area contributed by atoms with Crippen LogP contribution in [0.2, 0.25) is 0 Å². The molecule has 0 bridgehead atoms. The van der Waals surface area contributed by atoms with Crippen LogP contribution in [0.15, 0.2) is 18.2 Å². The second-order valence-corrected chi connectivity index (χ2v) is 4.92. The maximum absolute atomic E-state index is 9.57. The smallest absolute Gasteiger partial charge is 0.129 e. The van der Waals surface area contributed by atoms with Crippen LogP contribution in [0, 0.1) is 3.57 Å². The summed E-state index contributed by atoms with van der Waals surface area (Å²) in [5.41, 5.74) is 1.25. The van der Waals surface area contributed by atoms with Crippen molar-refractivity contribution in [3.05, 3.63) is 27.3 Å². The van der Waals surface area contributed by atoms with Gasteiger partial charge in [-0.05, 0) is 52.6 Å². The van der Waals surface area contributed by atoms with Gasteiger partial charge in [-0.3, -0.25) is 0 Å². The quantitative estimate of drug-likeness (QED) is 0.823. The third kappa shape index (κ3) is 3.15. The molecule has 1 aromatic rings. The molecule has 1 rings (SSSR count). The topological polar surface area (TPSA) is 20.2 Å². The molecule has 1 N–H and O–H groups in total. The van der Waals surface area contributed by atoms with Gasteiger partial charge in [0.15, 0.2) is 0 Å². The first-order valence-electron chi connectivity index (χ1n) is 5.13. The van der Waals surface area contributed by atoms with Gasteiger partial charge < -0.3 is 5.11 Å². The van der Waals surface area contributed by atoms with E-state index in [0.717, 1.165) is 3.57 Å². The van der Waals surface area contributed by atoms with Crippen molar-refractivity contribution in [2.24, 2.45) is 0 Å². The number of phenolic OH excluding ortho intramolecular Hbond substituents is 1. The van der Waals surface area contributed by atoms with Gasteiger partial charge in [-0.15, -0.1) is 0 Å². The molecule has 78 valence electrons. The Bertz CT molecular complexity index is 296. The number of phenols is 1. The standard InChI is InChI=1S/C12H17IO/c1-3-4-5-9(2)10-6-7-11(13)12(14)8-10/h6-9,14H,3-5H2,1-2H3. The summed E-state index contributed by atoms with van der Waals surface area (Å²) in [6.45, 7) is 4.43. The predicted octanol–water partition coefficient (Wildman–Crippen LogP) is 4.29. The number of hydrogen-bond acceptors (Lipinski definition) is 1. The molecule has 0 fully saturated rings. The van der Waals surface area contributed by atoms with Crippen molar-refractivity contribution < 1.29 is 5.11 Å². The first kappa shape index (κ1) is 11.8. The third-order valence-corrected chi connectivity index (χ3v) is 3.44. The van der Waals surface area contributed by atoms with Crippen molar-refractivity contribution in [3.63, 3.8) is 0 Å². The van der Waals surface area contributed by atoms with Crippen molar-refractivity contribution in [3.8, 4) is 5.75 Å². The Balaban J connectivity index is 2.70. The van der Waals surface area contributed by atoms with Gasteiger partial charge in [0, 0.05) is 0 Å². The summed E-state index contributed by atoms with van der Waals surface area (Å²) in [7, 11) is 0. The van der Waals surface area contributed by atoms with Crippen LogP contribution in [0.3, 0.4) is 0 Å². The van der Waals surface area contributed by atoms with Gasteiger partial charge in [0.25, 0.3) is 0 Å². The molecule has 0 aliphatic carbocycles. The van der Waals surface area contributed by atoms with Gasteiger partial charge in [-0.2, -0.15) is 0 Å². The first-order chi connectivity index (χ1) is 6.65. The molecule has 0 radical (unpaired) electrons. The summed E-state index contributed by atoms with van der Waals surface area (Å²) < 4.78 is 0.925. The Morgan fingerprint density at radius 3 is 2.71 bits per heavy atom. The normalized spacial score (nSPS) is 12.8. The number of hydrogen-bond donors (Lipinski definition) is 1. The fourth-order valence-electron chi connectivity index (χ4n) is 1.51. The minimum atomic E-state index is 0.409. The molecule has 1 unspecified atom stereocenters. The summed E-state index contributed by atoms with van der Waals surface area (Å²) in [4.78, 5) is 0. The molecule has 0 saturated heterocycles. The van der Waals surface area contributed by atoms with Gasteiger partial charge in [-0.25, -0.2) is 0 Å². The molecule has 0 heterocycles. The van der Waals surface area contributed by atoms with Crippen LogP contribution >= 0.6 is 22.6 Å². The SMILES string of the molecule is CCCCC(C)c1ccc(I)c(O)c1. The molecule has 0 amide bonds. The highest BCUT2D eigenvalue weighted by Crippen LogP contribution is 2.27. The van der Waals surface area contributed by atoms with Crippen molar-refractivity contribution in [2.75, 3.05) is 0 Å². The minimum absolute atomic E-state index is 0.409. The lowest BCUT2D eigenvalue weighted by molar-refractivity contribution is 0.469. The largest absolute Gasteiger partial charge is 0.507 e. The molecule has 0 saturated carbocycles. The molecule has 14 heavy (non-hydrogen) atoms. The predicted molar refractivity (Wildman–Crippen MR) is 68.8 cm³/mol. The Morgan fingerprint density at radius 2 is 2.14 bits per heavy atom. The molecule has 0 aliphatic rings. The van der Waals surface area contributed by atoms with Crippen LogP contribution < -0.4 is 0 Å². The van der Waals surface area contributed by atoms with Crippen LogP contribution in [0.1, 0.15) is 44.6 Å². The van der Waals surface area contributed by atoms with Crippen molar-refractivity contribution >= 4 is 22.6 Å². The lowest BCUT2D eigenvalue weighted by atomic mass is 9.95. The monoisotopic (exact) mass is 304 g/mol. The first-order valence-corrected chi connectivity index (χ1v) is 6.21. The van der Waals surface area contributed by atoms with E-state index in [1.165, 1.54) is 24.8 Å². The Morgan fingerprint density at radius 1 is 1.43 bits per heavy atom.